The lowest BCUT2D eigenvalue weighted by Crippen LogP contribution is -2.31. The van der Waals surface area contributed by atoms with E-state index in [-0.39, 0.29) is 0 Å². The van der Waals surface area contributed by atoms with Gasteiger partial charge in [-0.2, -0.15) is 0 Å². The van der Waals surface area contributed by atoms with Gasteiger partial charge in [-0.25, -0.2) is 4.98 Å². The van der Waals surface area contributed by atoms with Crippen LogP contribution in [0.4, 0.5) is 5.82 Å². The zero-order valence-electron chi connectivity index (χ0n) is 13.9. The molecule has 116 valence electrons. The molecule has 0 saturated carbocycles. The molecule has 0 spiro atoms. The van der Waals surface area contributed by atoms with Crippen molar-refractivity contribution in [3.63, 3.8) is 0 Å². The van der Waals surface area contributed by atoms with E-state index in [4.69, 9.17) is 4.98 Å². The summed E-state index contributed by atoms with van der Waals surface area (Å²) < 4.78 is 2.19. The van der Waals surface area contributed by atoms with Gasteiger partial charge in [-0.1, -0.05) is 33.3 Å². The van der Waals surface area contributed by atoms with Gasteiger partial charge in [0.1, 0.15) is 5.65 Å². The van der Waals surface area contributed by atoms with Crippen LogP contribution in [-0.4, -0.2) is 28.5 Å². The van der Waals surface area contributed by atoms with Crippen molar-refractivity contribution >= 4 is 11.5 Å². The van der Waals surface area contributed by atoms with Gasteiger partial charge in [-0.05, 0) is 25.5 Å². The third-order valence-electron chi connectivity index (χ3n) is 3.99. The summed E-state index contributed by atoms with van der Waals surface area (Å²) in [6.45, 7) is 9.68. The summed E-state index contributed by atoms with van der Waals surface area (Å²) in [5, 5.41) is 3.52. The number of hydrogen-bond acceptors (Lipinski definition) is 3. The van der Waals surface area contributed by atoms with E-state index in [9.17, 15) is 0 Å². The zero-order chi connectivity index (χ0) is 15.4. The predicted molar refractivity (Wildman–Crippen MR) is 89.9 cm³/mol. The number of imidazole rings is 1. The molecular formula is C17H28N4. The van der Waals surface area contributed by atoms with Crippen molar-refractivity contribution in [1.82, 2.24) is 14.7 Å². The van der Waals surface area contributed by atoms with Crippen LogP contribution >= 0.6 is 0 Å². The van der Waals surface area contributed by atoms with Crippen LogP contribution in [0.15, 0.2) is 24.4 Å². The molecule has 4 nitrogen and oxygen atoms in total. The van der Waals surface area contributed by atoms with Gasteiger partial charge in [-0.3, -0.25) is 0 Å². The normalized spacial score (nSPS) is 13.0. The fourth-order valence-electron chi connectivity index (χ4n) is 2.60. The molecule has 2 aromatic rings. The topological polar surface area (TPSA) is 32.6 Å². The lowest BCUT2D eigenvalue weighted by atomic mass is 10.1. The summed E-state index contributed by atoms with van der Waals surface area (Å²) in [6.07, 6.45) is 4.47. The standard InChI is InChI=1S/C17H28N4/c1-6-9-14(4)20(5)17-15(12-18-13(2)3)21-11-8-7-10-16(21)19-17/h7-8,10-11,13-14,18H,6,9,12H2,1-5H3. The van der Waals surface area contributed by atoms with Crippen molar-refractivity contribution in [2.75, 3.05) is 11.9 Å². The Morgan fingerprint density at radius 2 is 2.05 bits per heavy atom. The van der Waals surface area contributed by atoms with Gasteiger partial charge in [-0.15, -0.1) is 0 Å². The number of rotatable bonds is 7. The molecule has 0 radical (unpaired) electrons. The smallest absolute Gasteiger partial charge is 0.152 e. The molecule has 4 heteroatoms. The number of pyridine rings is 1. The van der Waals surface area contributed by atoms with Crippen LogP contribution in [0.3, 0.4) is 0 Å². The van der Waals surface area contributed by atoms with E-state index in [1.54, 1.807) is 0 Å². The molecule has 0 aliphatic carbocycles. The second kappa shape index (κ2) is 6.94. The molecule has 0 amide bonds. The maximum absolute atomic E-state index is 4.84. The summed E-state index contributed by atoms with van der Waals surface area (Å²) in [6, 6.07) is 7.14. The van der Waals surface area contributed by atoms with E-state index in [1.165, 1.54) is 18.5 Å². The second-order valence-corrected chi connectivity index (χ2v) is 6.10. The van der Waals surface area contributed by atoms with Crippen LogP contribution in [0, 0.1) is 0 Å². The van der Waals surface area contributed by atoms with E-state index in [1.807, 2.05) is 6.07 Å². The quantitative estimate of drug-likeness (QED) is 0.847. The molecule has 2 aromatic heterocycles. The van der Waals surface area contributed by atoms with E-state index in [0.717, 1.165) is 18.0 Å². The van der Waals surface area contributed by atoms with Crippen molar-refractivity contribution in [3.8, 4) is 0 Å². The lowest BCUT2D eigenvalue weighted by molar-refractivity contribution is 0.572. The van der Waals surface area contributed by atoms with Gasteiger partial charge in [0, 0.05) is 31.9 Å². The van der Waals surface area contributed by atoms with E-state index >= 15 is 0 Å². The van der Waals surface area contributed by atoms with Gasteiger partial charge in [0.25, 0.3) is 0 Å². The molecule has 0 aliphatic heterocycles. The highest BCUT2D eigenvalue weighted by Crippen LogP contribution is 2.23. The second-order valence-electron chi connectivity index (χ2n) is 6.10. The first-order chi connectivity index (χ1) is 10.0. The number of aromatic nitrogens is 2. The minimum Gasteiger partial charge on any atom is -0.355 e. The van der Waals surface area contributed by atoms with E-state index in [2.05, 4.69) is 67.7 Å². The monoisotopic (exact) mass is 288 g/mol. The largest absolute Gasteiger partial charge is 0.355 e. The van der Waals surface area contributed by atoms with Crippen LogP contribution in [0.2, 0.25) is 0 Å². The molecule has 2 rings (SSSR count). The Bertz CT molecular complexity index is 573. The van der Waals surface area contributed by atoms with Gasteiger partial charge in [0.05, 0.1) is 5.69 Å². The average Bonchev–Trinajstić information content (AvgIpc) is 2.83. The number of anilines is 1. The van der Waals surface area contributed by atoms with Gasteiger partial charge in [0.15, 0.2) is 5.82 Å². The maximum atomic E-state index is 4.84. The number of hydrogen-bond donors (Lipinski definition) is 1. The number of nitrogens with one attached hydrogen (secondary N) is 1. The summed E-state index contributed by atoms with van der Waals surface area (Å²) in [5.74, 6) is 1.09. The SMILES string of the molecule is CCCC(C)N(C)c1nc2ccccn2c1CNC(C)C. The third-order valence-corrected chi connectivity index (χ3v) is 3.99. The molecule has 1 atom stereocenters. The highest BCUT2D eigenvalue weighted by Gasteiger charge is 2.18. The first-order valence-electron chi connectivity index (χ1n) is 7.96. The van der Waals surface area contributed by atoms with Crippen molar-refractivity contribution in [3.05, 3.63) is 30.1 Å². The van der Waals surface area contributed by atoms with Gasteiger partial charge < -0.3 is 14.6 Å². The molecule has 1 N–H and O–H groups in total. The number of fused-ring (bicyclic) bond motifs is 1. The Morgan fingerprint density at radius 3 is 2.71 bits per heavy atom. The third kappa shape index (κ3) is 3.56. The summed E-state index contributed by atoms with van der Waals surface area (Å²) >= 11 is 0. The molecule has 1 unspecified atom stereocenters. The molecule has 21 heavy (non-hydrogen) atoms. The summed E-state index contributed by atoms with van der Waals surface area (Å²) in [5.41, 5.74) is 2.26. The molecule has 0 aliphatic rings. The Balaban J connectivity index is 2.38. The van der Waals surface area contributed by atoms with Gasteiger partial charge >= 0.3 is 0 Å². The molecule has 2 heterocycles. The maximum Gasteiger partial charge on any atom is 0.152 e. The first-order valence-corrected chi connectivity index (χ1v) is 7.96. The Morgan fingerprint density at radius 1 is 1.29 bits per heavy atom. The van der Waals surface area contributed by atoms with Crippen LogP contribution < -0.4 is 10.2 Å². The fourth-order valence-corrected chi connectivity index (χ4v) is 2.60. The van der Waals surface area contributed by atoms with Crippen LogP contribution in [-0.2, 0) is 6.54 Å². The molecule has 0 aromatic carbocycles. The number of nitrogens with zero attached hydrogens (tertiary/aromatic N) is 3. The Labute approximate surface area is 128 Å². The molecule has 0 bridgehead atoms. The van der Waals surface area contributed by atoms with Crippen molar-refractivity contribution in [1.29, 1.82) is 0 Å². The van der Waals surface area contributed by atoms with Crippen molar-refractivity contribution in [2.45, 2.75) is 59.2 Å². The summed E-state index contributed by atoms with van der Waals surface area (Å²) in [7, 11) is 2.15. The molecular weight excluding hydrogens is 260 g/mol. The highest BCUT2D eigenvalue weighted by atomic mass is 15.2. The fraction of sp³-hybridized carbons (Fsp3) is 0.588. The van der Waals surface area contributed by atoms with Crippen LogP contribution in [0.25, 0.3) is 5.65 Å². The van der Waals surface area contributed by atoms with Crippen LogP contribution in [0.1, 0.15) is 46.2 Å². The van der Waals surface area contributed by atoms with E-state index in [0.29, 0.717) is 12.1 Å². The Hall–Kier alpha value is -1.55. The van der Waals surface area contributed by atoms with E-state index < -0.39 is 0 Å². The van der Waals surface area contributed by atoms with Gasteiger partial charge in [0.2, 0.25) is 0 Å². The minimum absolute atomic E-state index is 0.463. The average molecular weight is 288 g/mol. The van der Waals surface area contributed by atoms with Crippen molar-refractivity contribution in [2.24, 2.45) is 0 Å². The summed E-state index contributed by atoms with van der Waals surface area (Å²) in [4.78, 5) is 7.16. The Kier molecular flexibility index (Phi) is 5.23. The zero-order valence-corrected chi connectivity index (χ0v) is 13.9. The lowest BCUT2D eigenvalue weighted by Gasteiger charge is -2.26. The van der Waals surface area contributed by atoms with Crippen molar-refractivity contribution < 1.29 is 0 Å². The van der Waals surface area contributed by atoms with Crippen LogP contribution in [0.5, 0.6) is 0 Å². The molecule has 0 saturated heterocycles. The minimum atomic E-state index is 0.463. The predicted octanol–water partition coefficient (Wildman–Crippen LogP) is 3.46. The highest BCUT2D eigenvalue weighted by molar-refractivity contribution is 5.56. The molecule has 0 fully saturated rings. The first kappa shape index (κ1) is 15.8.